The van der Waals surface area contributed by atoms with Crippen LogP contribution in [-0.4, -0.2) is 33.7 Å². The quantitative estimate of drug-likeness (QED) is 0.206. The fourth-order valence-corrected chi connectivity index (χ4v) is 3.73. The summed E-state index contributed by atoms with van der Waals surface area (Å²) in [7, 11) is 1.49. The highest BCUT2D eigenvalue weighted by Crippen LogP contribution is 2.43. The largest absolute Gasteiger partial charge is 0.507 e. The summed E-state index contributed by atoms with van der Waals surface area (Å²) >= 11 is 0. The third kappa shape index (κ3) is 3.60. The molecule has 0 unspecified atom stereocenters. The van der Waals surface area contributed by atoms with Crippen molar-refractivity contribution in [1.82, 2.24) is 4.90 Å². The highest BCUT2D eigenvalue weighted by Gasteiger charge is 2.48. The first-order valence-electron chi connectivity index (χ1n) is 9.61. The van der Waals surface area contributed by atoms with E-state index in [9.17, 15) is 24.8 Å². The fraction of sp³-hybridized carbons (Fsp3) is 0.130. The summed E-state index contributed by atoms with van der Waals surface area (Å²) in [6.07, 6.45) is 1.42. The maximum Gasteiger partial charge on any atom is 0.296 e. The van der Waals surface area contributed by atoms with Crippen LogP contribution < -0.4 is 4.74 Å². The molecule has 4 rings (SSSR count). The Labute approximate surface area is 182 Å². The lowest BCUT2D eigenvalue weighted by molar-refractivity contribution is -0.385. The Hall–Kier alpha value is -4.40. The van der Waals surface area contributed by atoms with Crippen molar-refractivity contribution in [2.75, 3.05) is 7.11 Å². The van der Waals surface area contributed by atoms with Gasteiger partial charge in [0.05, 0.1) is 42.0 Å². The second-order valence-electron chi connectivity index (χ2n) is 7.05. The van der Waals surface area contributed by atoms with Crippen LogP contribution in [-0.2, 0) is 16.1 Å². The number of hydrogen-bond acceptors (Lipinski definition) is 7. The van der Waals surface area contributed by atoms with E-state index in [-0.39, 0.29) is 28.9 Å². The molecule has 32 heavy (non-hydrogen) atoms. The Morgan fingerprint density at radius 2 is 1.84 bits per heavy atom. The van der Waals surface area contributed by atoms with Gasteiger partial charge in [-0.25, -0.2) is 0 Å². The zero-order valence-electron chi connectivity index (χ0n) is 16.9. The molecule has 0 spiro atoms. The van der Waals surface area contributed by atoms with Gasteiger partial charge >= 0.3 is 0 Å². The van der Waals surface area contributed by atoms with Crippen molar-refractivity contribution in [3.05, 3.63) is 99.5 Å². The van der Waals surface area contributed by atoms with Crippen LogP contribution in [0.2, 0.25) is 0 Å². The third-order valence-corrected chi connectivity index (χ3v) is 5.24. The van der Waals surface area contributed by atoms with Crippen LogP contribution in [0, 0.1) is 10.1 Å². The number of rotatable bonds is 6. The van der Waals surface area contributed by atoms with Crippen LogP contribution in [0.25, 0.3) is 5.76 Å². The number of aliphatic hydroxyl groups is 1. The summed E-state index contributed by atoms with van der Waals surface area (Å²) < 4.78 is 10.4. The molecule has 0 radical (unpaired) electrons. The molecule has 1 N–H and O–H groups in total. The molecule has 1 aromatic heterocycles. The van der Waals surface area contributed by atoms with Gasteiger partial charge in [-0.1, -0.05) is 12.1 Å². The molecule has 2 heterocycles. The van der Waals surface area contributed by atoms with Gasteiger partial charge < -0.3 is 19.2 Å². The lowest BCUT2D eigenvalue weighted by Gasteiger charge is -2.24. The molecule has 162 valence electrons. The molecule has 0 bridgehead atoms. The van der Waals surface area contributed by atoms with Crippen molar-refractivity contribution in [3.63, 3.8) is 0 Å². The molecule has 9 heteroatoms. The SMILES string of the molecule is COc1ccc(C(O)=C2C(=O)C(=O)N(Cc3ccco3)[C@@H]2c2ccccc2[N+](=O)[O-])cc1. The molecule has 0 aliphatic carbocycles. The molecular weight excluding hydrogens is 416 g/mol. The van der Waals surface area contributed by atoms with Crippen molar-refractivity contribution in [3.8, 4) is 5.75 Å². The number of ketones is 1. The first kappa shape index (κ1) is 20.9. The van der Waals surface area contributed by atoms with Crippen LogP contribution in [0.4, 0.5) is 5.69 Å². The number of likely N-dealkylation sites (tertiary alicyclic amines) is 1. The molecule has 1 amide bonds. The lowest BCUT2D eigenvalue weighted by atomic mass is 9.94. The standard InChI is InChI=1S/C23H18N2O7/c1-31-15-10-8-14(9-11-15)21(26)19-20(17-6-2-3-7-18(17)25(29)30)24(23(28)22(19)27)13-16-5-4-12-32-16/h2-12,20,26H,13H2,1H3/t20-/m1/s1. The molecular formula is C23H18N2O7. The monoisotopic (exact) mass is 434 g/mol. The predicted molar refractivity (Wildman–Crippen MR) is 113 cm³/mol. The van der Waals surface area contributed by atoms with E-state index < -0.39 is 28.4 Å². The van der Waals surface area contributed by atoms with Gasteiger partial charge in [-0.3, -0.25) is 19.7 Å². The number of furan rings is 1. The number of methoxy groups -OCH3 is 1. The number of nitro groups is 1. The van der Waals surface area contributed by atoms with Crippen molar-refractivity contribution in [2.24, 2.45) is 0 Å². The van der Waals surface area contributed by atoms with Crippen molar-refractivity contribution < 1.29 is 28.8 Å². The minimum Gasteiger partial charge on any atom is -0.507 e. The number of nitro benzene ring substituents is 1. The Balaban J connectivity index is 1.91. The first-order valence-corrected chi connectivity index (χ1v) is 9.61. The summed E-state index contributed by atoms with van der Waals surface area (Å²) in [6, 6.07) is 14.1. The second-order valence-corrected chi connectivity index (χ2v) is 7.05. The molecule has 2 aromatic carbocycles. The number of carbonyl (C=O) groups excluding carboxylic acids is 2. The van der Waals surface area contributed by atoms with Crippen LogP contribution in [0.15, 0.2) is 76.9 Å². The zero-order chi connectivity index (χ0) is 22.8. The second kappa shape index (κ2) is 8.38. The molecule has 1 atom stereocenters. The molecule has 1 fully saturated rings. The highest BCUT2D eigenvalue weighted by atomic mass is 16.6. The summed E-state index contributed by atoms with van der Waals surface area (Å²) in [5.41, 5.74) is -0.130. The number of Topliss-reactive ketones (excluding diaryl/α,β-unsaturated/α-hetero) is 1. The van der Waals surface area contributed by atoms with Crippen LogP contribution in [0.5, 0.6) is 5.75 Å². The van der Waals surface area contributed by atoms with Crippen molar-refractivity contribution in [1.29, 1.82) is 0 Å². The summed E-state index contributed by atoms with van der Waals surface area (Å²) in [6.45, 7) is -0.103. The summed E-state index contributed by atoms with van der Waals surface area (Å²) in [4.78, 5) is 38.2. The number of nitrogens with zero attached hydrogens (tertiary/aromatic N) is 2. The van der Waals surface area contributed by atoms with Gasteiger partial charge in [0.25, 0.3) is 17.4 Å². The van der Waals surface area contributed by atoms with E-state index in [0.717, 1.165) is 0 Å². The van der Waals surface area contributed by atoms with Crippen LogP contribution in [0.3, 0.4) is 0 Å². The van der Waals surface area contributed by atoms with Gasteiger partial charge in [-0.15, -0.1) is 0 Å². The maximum atomic E-state index is 13.0. The molecule has 3 aromatic rings. The van der Waals surface area contributed by atoms with Gasteiger partial charge in [0.2, 0.25) is 0 Å². The maximum absolute atomic E-state index is 13.0. The molecule has 0 saturated carbocycles. The first-order chi connectivity index (χ1) is 15.4. The van der Waals surface area contributed by atoms with Gasteiger partial charge in [-0.05, 0) is 42.5 Å². The number of hydrogen-bond donors (Lipinski definition) is 1. The fourth-order valence-electron chi connectivity index (χ4n) is 3.73. The summed E-state index contributed by atoms with van der Waals surface area (Å²) in [5, 5.41) is 22.7. The average molecular weight is 434 g/mol. The lowest BCUT2D eigenvalue weighted by Crippen LogP contribution is -2.29. The van der Waals surface area contributed by atoms with E-state index in [1.54, 1.807) is 30.3 Å². The van der Waals surface area contributed by atoms with Gasteiger partial charge in [0.15, 0.2) is 0 Å². The molecule has 1 aliphatic rings. The van der Waals surface area contributed by atoms with Gasteiger partial charge in [0.1, 0.15) is 17.3 Å². The number of carbonyl (C=O) groups is 2. The zero-order valence-corrected chi connectivity index (χ0v) is 16.9. The van der Waals surface area contributed by atoms with E-state index in [0.29, 0.717) is 11.5 Å². The summed E-state index contributed by atoms with van der Waals surface area (Å²) in [5.74, 6) is -1.33. The minimum atomic E-state index is -1.18. The predicted octanol–water partition coefficient (Wildman–Crippen LogP) is 3.82. The smallest absolute Gasteiger partial charge is 0.296 e. The van der Waals surface area contributed by atoms with E-state index in [1.165, 1.54) is 48.6 Å². The molecule has 9 nitrogen and oxygen atoms in total. The Kier molecular flexibility index (Phi) is 5.46. The van der Waals surface area contributed by atoms with E-state index >= 15 is 0 Å². The Morgan fingerprint density at radius 1 is 1.12 bits per heavy atom. The number of amides is 1. The van der Waals surface area contributed by atoms with Gasteiger partial charge in [0, 0.05) is 11.6 Å². The van der Waals surface area contributed by atoms with E-state index in [1.807, 2.05) is 0 Å². The van der Waals surface area contributed by atoms with E-state index in [2.05, 4.69) is 0 Å². The minimum absolute atomic E-state index is 0.103. The van der Waals surface area contributed by atoms with Crippen molar-refractivity contribution >= 4 is 23.1 Å². The Bertz CT molecular complexity index is 1210. The normalized spacial score (nSPS) is 17.5. The topological polar surface area (TPSA) is 123 Å². The van der Waals surface area contributed by atoms with Gasteiger partial charge in [-0.2, -0.15) is 0 Å². The number of aliphatic hydroxyl groups excluding tert-OH is 1. The van der Waals surface area contributed by atoms with Crippen LogP contribution >= 0.6 is 0 Å². The number of ether oxygens (including phenoxy) is 1. The molecule has 1 aliphatic heterocycles. The number of para-hydroxylation sites is 1. The number of benzene rings is 2. The molecule has 1 saturated heterocycles. The average Bonchev–Trinajstić information content (AvgIpc) is 3.41. The van der Waals surface area contributed by atoms with E-state index in [4.69, 9.17) is 9.15 Å². The van der Waals surface area contributed by atoms with Crippen LogP contribution in [0.1, 0.15) is 22.9 Å². The third-order valence-electron chi connectivity index (χ3n) is 5.24. The highest BCUT2D eigenvalue weighted by molar-refractivity contribution is 6.46. The Morgan fingerprint density at radius 3 is 2.47 bits per heavy atom. The van der Waals surface area contributed by atoms with Crippen molar-refractivity contribution in [2.45, 2.75) is 12.6 Å².